The van der Waals surface area contributed by atoms with E-state index in [2.05, 4.69) is 6.92 Å². The summed E-state index contributed by atoms with van der Waals surface area (Å²) in [6, 6.07) is 0. The zero-order valence-electron chi connectivity index (χ0n) is 11.7. The minimum absolute atomic E-state index is 0.0404. The zero-order chi connectivity index (χ0) is 13.6. The topological polar surface area (TPSA) is 52.6 Å². The number of carbonyl (C=O) groups excluding carboxylic acids is 2. The van der Waals surface area contributed by atoms with Crippen LogP contribution in [-0.2, 0) is 19.1 Å². The number of hydrogen-bond donors (Lipinski definition) is 0. The lowest BCUT2D eigenvalue weighted by atomic mass is 9.56. The summed E-state index contributed by atoms with van der Waals surface area (Å²) < 4.78 is 10.7. The number of methoxy groups -OCH3 is 1. The van der Waals surface area contributed by atoms with Gasteiger partial charge in [-0.05, 0) is 31.1 Å². The Balaban J connectivity index is 1.88. The number of Topliss-reactive ketones (excluding diaryl/α,β-unsaturated/α-hetero) is 1. The van der Waals surface area contributed by atoms with Crippen LogP contribution in [0.25, 0.3) is 0 Å². The number of carbonyl (C=O) groups is 2. The molecule has 19 heavy (non-hydrogen) atoms. The molecule has 4 nitrogen and oxygen atoms in total. The van der Waals surface area contributed by atoms with E-state index in [0.29, 0.717) is 18.8 Å². The van der Waals surface area contributed by atoms with Gasteiger partial charge in [0.1, 0.15) is 11.9 Å². The SMILES string of the molecule is COC[C@@H]1C(=O)O[C@H]2[C@H]1CC[C@@]1(C)CCCC(=O)[C@H]21. The summed E-state index contributed by atoms with van der Waals surface area (Å²) >= 11 is 0. The second-order valence-corrected chi connectivity index (χ2v) is 6.62. The third kappa shape index (κ3) is 1.92. The number of esters is 1. The summed E-state index contributed by atoms with van der Waals surface area (Å²) in [4.78, 5) is 24.3. The van der Waals surface area contributed by atoms with Crippen LogP contribution in [0, 0.1) is 23.2 Å². The number of ether oxygens (including phenoxy) is 2. The molecule has 3 fully saturated rings. The van der Waals surface area contributed by atoms with Gasteiger partial charge in [-0.15, -0.1) is 0 Å². The van der Waals surface area contributed by atoms with Gasteiger partial charge < -0.3 is 9.47 Å². The van der Waals surface area contributed by atoms with Crippen molar-refractivity contribution < 1.29 is 19.1 Å². The van der Waals surface area contributed by atoms with Crippen LogP contribution in [0.1, 0.15) is 39.0 Å². The maximum Gasteiger partial charge on any atom is 0.312 e. The molecular weight excluding hydrogens is 244 g/mol. The molecule has 1 heterocycles. The Hall–Kier alpha value is -0.900. The minimum Gasteiger partial charge on any atom is -0.461 e. The van der Waals surface area contributed by atoms with Crippen molar-refractivity contribution in [2.24, 2.45) is 23.2 Å². The molecule has 1 saturated heterocycles. The van der Waals surface area contributed by atoms with Gasteiger partial charge in [0, 0.05) is 19.4 Å². The highest BCUT2D eigenvalue weighted by atomic mass is 16.6. The van der Waals surface area contributed by atoms with Crippen LogP contribution >= 0.6 is 0 Å². The molecule has 0 radical (unpaired) electrons. The Labute approximate surface area is 113 Å². The lowest BCUT2D eigenvalue weighted by Gasteiger charge is -2.48. The van der Waals surface area contributed by atoms with Gasteiger partial charge in [0.2, 0.25) is 0 Å². The molecule has 0 spiro atoms. The van der Waals surface area contributed by atoms with Gasteiger partial charge in [-0.2, -0.15) is 0 Å². The molecule has 0 N–H and O–H groups in total. The van der Waals surface area contributed by atoms with Crippen molar-refractivity contribution in [2.45, 2.75) is 45.1 Å². The first-order valence-corrected chi connectivity index (χ1v) is 7.29. The molecule has 5 atom stereocenters. The van der Waals surface area contributed by atoms with E-state index in [9.17, 15) is 9.59 Å². The molecule has 0 aromatic rings. The molecular formula is C15H22O4. The van der Waals surface area contributed by atoms with Crippen LogP contribution in [0.4, 0.5) is 0 Å². The third-order valence-corrected chi connectivity index (χ3v) is 5.49. The predicted molar refractivity (Wildman–Crippen MR) is 68.4 cm³/mol. The minimum atomic E-state index is -0.195. The second-order valence-electron chi connectivity index (χ2n) is 6.62. The van der Waals surface area contributed by atoms with E-state index in [1.54, 1.807) is 7.11 Å². The highest BCUT2D eigenvalue weighted by molar-refractivity contribution is 5.85. The van der Waals surface area contributed by atoms with Gasteiger partial charge in [-0.25, -0.2) is 0 Å². The Morgan fingerprint density at radius 1 is 1.37 bits per heavy atom. The average Bonchev–Trinajstić information content (AvgIpc) is 2.66. The standard InChI is InChI=1S/C15H22O4/c1-15-6-3-4-11(16)12(15)13-9(5-7-15)10(8-18-2)14(17)19-13/h9-10,12-13H,3-8H2,1-2H3/t9-,10-,12+,13-,15+/m0/s1. The van der Waals surface area contributed by atoms with Crippen LogP contribution < -0.4 is 0 Å². The Morgan fingerprint density at radius 3 is 2.89 bits per heavy atom. The van der Waals surface area contributed by atoms with E-state index >= 15 is 0 Å². The predicted octanol–water partition coefficient (Wildman–Crippen LogP) is 1.96. The lowest BCUT2D eigenvalue weighted by molar-refractivity contribution is -0.155. The van der Waals surface area contributed by atoms with Gasteiger partial charge in [0.15, 0.2) is 0 Å². The second kappa shape index (κ2) is 4.58. The maximum atomic E-state index is 12.3. The largest absolute Gasteiger partial charge is 0.461 e. The van der Waals surface area contributed by atoms with Crippen molar-refractivity contribution in [2.75, 3.05) is 13.7 Å². The Bertz CT molecular complexity index is 405. The van der Waals surface area contributed by atoms with Crippen molar-refractivity contribution in [3.05, 3.63) is 0 Å². The van der Waals surface area contributed by atoms with E-state index in [0.717, 1.165) is 25.7 Å². The fourth-order valence-corrected chi connectivity index (χ4v) is 4.49. The monoisotopic (exact) mass is 266 g/mol. The first-order chi connectivity index (χ1) is 9.07. The summed E-state index contributed by atoms with van der Waals surface area (Å²) in [5.41, 5.74) is 0.0404. The molecule has 0 amide bonds. The molecule has 0 aromatic carbocycles. The third-order valence-electron chi connectivity index (χ3n) is 5.49. The summed E-state index contributed by atoms with van der Waals surface area (Å²) in [7, 11) is 1.61. The zero-order valence-corrected chi connectivity index (χ0v) is 11.7. The average molecular weight is 266 g/mol. The van der Waals surface area contributed by atoms with E-state index in [1.807, 2.05) is 0 Å². The maximum absolute atomic E-state index is 12.3. The fourth-order valence-electron chi connectivity index (χ4n) is 4.49. The van der Waals surface area contributed by atoms with Crippen LogP contribution in [0.2, 0.25) is 0 Å². The molecule has 2 saturated carbocycles. The van der Waals surface area contributed by atoms with Gasteiger partial charge in [0.25, 0.3) is 0 Å². The lowest BCUT2D eigenvalue weighted by Crippen LogP contribution is -2.50. The van der Waals surface area contributed by atoms with Crippen molar-refractivity contribution >= 4 is 11.8 Å². The van der Waals surface area contributed by atoms with Crippen molar-refractivity contribution in [1.29, 1.82) is 0 Å². The summed E-state index contributed by atoms with van der Waals surface area (Å²) in [6.07, 6.45) is 4.53. The van der Waals surface area contributed by atoms with Crippen LogP contribution in [0.15, 0.2) is 0 Å². The molecule has 3 rings (SSSR count). The van der Waals surface area contributed by atoms with E-state index in [4.69, 9.17) is 9.47 Å². The first-order valence-electron chi connectivity index (χ1n) is 7.29. The summed E-state index contributed by atoms with van der Waals surface area (Å²) in [5, 5.41) is 0. The first kappa shape index (κ1) is 13.1. The number of fused-ring (bicyclic) bond motifs is 3. The number of hydrogen-bond acceptors (Lipinski definition) is 4. The fraction of sp³-hybridized carbons (Fsp3) is 0.867. The van der Waals surface area contributed by atoms with E-state index < -0.39 is 0 Å². The number of ketones is 1. The molecule has 4 heteroatoms. The number of rotatable bonds is 2. The Morgan fingerprint density at radius 2 is 2.16 bits per heavy atom. The van der Waals surface area contributed by atoms with Crippen molar-refractivity contribution in [1.82, 2.24) is 0 Å². The molecule has 2 aliphatic carbocycles. The van der Waals surface area contributed by atoms with Gasteiger partial charge in [-0.3, -0.25) is 9.59 Å². The van der Waals surface area contributed by atoms with Crippen LogP contribution in [-0.4, -0.2) is 31.6 Å². The normalized spacial score (nSPS) is 45.6. The van der Waals surface area contributed by atoms with Crippen molar-refractivity contribution in [3.63, 3.8) is 0 Å². The molecule has 0 aromatic heterocycles. The molecule has 3 aliphatic rings. The highest BCUT2D eigenvalue weighted by Crippen LogP contribution is 2.54. The molecule has 0 bridgehead atoms. The Kier molecular flexibility index (Phi) is 3.16. The van der Waals surface area contributed by atoms with Crippen LogP contribution in [0.3, 0.4) is 0 Å². The highest BCUT2D eigenvalue weighted by Gasteiger charge is 2.58. The molecule has 1 aliphatic heterocycles. The van der Waals surface area contributed by atoms with Gasteiger partial charge >= 0.3 is 5.97 Å². The smallest absolute Gasteiger partial charge is 0.312 e. The van der Waals surface area contributed by atoms with E-state index in [1.165, 1.54) is 0 Å². The summed E-state index contributed by atoms with van der Waals surface area (Å²) in [6.45, 7) is 2.61. The van der Waals surface area contributed by atoms with Crippen molar-refractivity contribution in [3.8, 4) is 0 Å². The van der Waals surface area contributed by atoms with Crippen LogP contribution in [0.5, 0.6) is 0 Å². The summed E-state index contributed by atoms with van der Waals surface area (Å²) in [5.74, 6) is 0.0569. The van der Waals surface area contributed by atoms with Gasteiger partial charge in [-0.1, -0.05) is 6.92 Å². The molecule has 106 valence electrons. The quantitative estimate of drug-likeness (QED) is 0.717. The molecule has 0 unspecified atom stereocenters. The van der Waals surface area contributed by atoms with E-state index in [-0.39, 0.29) is 35.2 Å². The van der Waals surface area contributed by atoms with Gasteiger partial charge in [0.05, 0.1) is 18.4 Å².